The highest BCUT2D eigenvalue weighted by Crippen LogP contribution is 2.37. The molecule has 2 aliphatic heterocycles. The smallest absolute Gasteiger partial charge is 0.407 e. The van der Waals surface area contributed by atoms with E-state index in [1.165, 1.54) is 14.2 Å². The van der Waals surface area contributed by atoms with Crippen molar-refractivity contribution in [2.24, 2.45) is 11.8 Å². The van der Waals surface area contributed by atoms with Gasteiger partial charge in [-0.25, -0.2) is 24.5 Å². The Hall–Kier alpha value is -6.19. The average molecular weight is 779 g/mol. The van der Waals surface area contributed by atoms with Crippen LogP contribution in [0.15, 0.2) is 55.1 Å². The number of aromatic amines is 3. The minimum absolute atomic E-state index is 0.115. The molecule has 5 N–H and O–H groups in total. The summed E-state index contributed by atoms with van der Waals surface area (Å²) in [6, 6.07) is 10.4. The molecule has 300 valence electrons. The van der Waals surface area contributed by atoms with Crippen LogP contribution in [0.3, 0.4) is 0 Å². The van der Waals surface area contributed by atoms with Crippen molar-refractivity contribution in [1.82, 2.24) is 50.3 Å². The number of fused-ring (bicyclic) bond motifs is 1. The largest absolute Gasteiger partial charge is 0.453 e. The van der Waals surface area contributed by atoms with Gasteiger partial charge < -0.3 is 44.9 Å². The molecule has 16 heteroatoms. The summed E-state index contributed by atoms with van der Waals surface area (Å²) in [6.07, 6.45) is 7.17. The molecule has 2 fully saturated rings. The number of methoxy groups -OCH3 is 2. The predicted octanol–water partition coefficient (Wildman–Crippen LogP) is 6.10. The van der Waals surface area contributed by atoms with E-state index in [1.54, 1.807) is 28.5 Å². The summed E-state index contributed by atoms with van der Waals surface area (Å²) in [5.74, 6) is 0.843. The van der Waals surface area contributed by atoms with Crippen LogP contribution in [0.5, 0.6) is 0 Å². The maximum atomic E-state index is 13.6. The van der Waals surface area contributed by atoms with Gasteiger partial charge in [0, 0.05) is 24.2 Å². The molecule has 4 amide bonds. The number of hydrogen-bond donors (Lipinski definition) is 5. The number of nitrogens with one attached hydrogen (secondary N) is 5. The van der Waals surface area contributed by atoms with E-state index in [0.717, 1.165) is 70.4 Å². The highest BCUT2D eigenvalue weighted by molar-refractivity contribution is 6.00. The fourth-order valence-corrected chi connectivity index (χ4v) is 8.00. The summed E-state index contributed by atoms with van der Waals surface area (Å²) < 4.78 is 9.53. The van der Waals surface area contributed by atoms with Gasteiger partial charge in [0.2, 0.25) is 11.8 Å². The Morgan fingerprint density at radius 1 is 0.684 bits per heavy atom. The highest BCUT2D eigenvalue weighted by Gasteiger charge is 2.39. The molecule has 0 radical (unpaired) electrons. The van der Waals surface area contributed by atoms with E-state index in [9.17, 15) is 19.2 Å². The van der Waals surface area contributed by atoms with Gasteiger partial charge in [0.1, 0.15) is 23.7 Å². The van der Waals surface area contributed by atoms with Crippen molar-refractivity contribution in [3.05, 3.63) is 66.8 Å². The van der Waals surface area contributed by atoms with E-state index in [2.05, 4.69) is 53.8 Å². The van der Waals surface area contributed by atoms with Crippen molar-refractivity contribution in [1.29, 1.82) is 0 Å². The van der Waals surface area contributed by atoms with Crippen molar-refractivity contribution < 1.29 is 28.7 Å². The number of hydrogen-bond acceptors (Lipinski definition) is 9. The van der Waals surface area contributed by atoms with Crippen molar-refractivity contribution in [3.8, 4) is 33.6 Å². The first-order valence-electron chi connectivity index (χ1n) is 19.5. The lowest BCUT2D eigenvalue weighted by atomic mass is 9.99. The zero-order valence-corrected chi connectivity index (χ0v) is 33.1. The third kappa shape index (κ3) is 7.80. The van der Waals surface area contributed by atoms with E-state index in [1.807, 2.05) is 45.9 Å². The van der Waals surface area contributed by atoms with E-state index >= 15 is 0 Å². The number of alkyl carbamates (subject to hydrolysis) is 2. The molecule has 7 rings (SSSR count). The van der Waals surface area contributed by atoms with Crippen molar-refractivity contribution >= 4 is 35.0 Å². The summed E-state index contributed by atoms with van der Waals surface area (Å²) in [6.45, 7) is 8.73. The first kappa shape index (κ1) is 39.1. The summed E-state index contributed by atoms with van der Waals surface area (Å²) in [5.41, 5.74) is 7.07. The van der Waals surface area contributed by atoms with Gasteiger partial charge >= 0.3 is 12.2 Å². The third-order valence-corrected chi connectivity index (χ3v) is 11.1. The molecule has 1 unspecified atom stereocenters. The number of carbonyl (C=O) groups excluding carboxylic acids is 4. The van der Waals surface area contributed by atoms with E-state index in [-0.39, 0.29) is 35.7 Å². The molecule has 0 aliphatic carbocycles. The monoisotopic (exact) mass is 778 g/mol. The van der Waals surface area contributed by atoms with Crippen molar-refractivity contribution in [3.63, 3.8) is 0 Å². The molecule has 57 heavy (non-hydrogen) atoms. The van der Waals surface area contributed by atoms with Crippen LogP contribution in [0.1, 0.15) is 77.1 Å². The molecule has 16 nitrogen and oxygen atoms in total. The second-order valence-electron chi connectivity index (χ2n) is 15.3. The molecule has 2 aliphatic rings. The Labute approximate surface area is 330 Å². The second kappa shape index (κ2) is 16.5. The van der Waals surface area contributed by atoms with Crippen LogP contribution in [-0.4, -0.2) is 103 Å². The number of ether oxygens (including phenoxy) is 2. The third-order valence-electron chi connectivity index (χ3n) is 11.1. The van der Waals surface area contributed by atoms with Gasteiger partial charge in [-0.2, -0.15) is 0 Å². The van der Waals surface area contributed by atoms with Gasteiger partial charge in [-0.05, 0) is 54.7 Å². The Balaban J connectivity index is 1.07. The van der Waals surface area contributed by atoms with Crippen LogP contribution in [-0.2, 0) is 19.1 Å². The van der Waals surface area contributed by atoms with Gasteiger partial charge in [0.15, 0.2) is 0 Å². The number of benzene rings is 2. The van der Waals surface area contributed by atoms with E-state index < -0.39 is 24.3 Å². The molecule has 0 spiro atoms. The van der Waals surface area contributed by atoms with Crippen LogP contribution >= 0.6 is 0 Å². The minimum atomic E-state index is -0.711. The van der Waals surface area contributed by atoms with Crippen LogP contribution in [0.4, 0.5) is 9.59 Å². The summed E-state index contributed by atoms with van der Waals surface area (Å²) in [5, 5.41) is 5.39. The van der Waals surface area contributed by atoms with Gasteiger partial charge in [-0.3, -0.25) is 9.59 Å². The molecule has 2 saturated heterocycles. The van der Waals surface area contributed by atoms with E-state index in [0.29, 0.717) is 24.7 Å². The zero-order valence-electron chi connectivity index (χ0n) is 33.1. The number of imidazole rings is 3. The lowest BCUT2D eigenvalue weighted by Crippen LogP contribution is -2.51. The lowest BCUT2D eigenvalue weighted by Gasteiger charge is -2.30. The van der Waals surface area contributed by atoms with E-state index in [4.69, 9.17) is 14.5 Å². The molecule has 0 saturated carbocycles. The summed E-state index contributed by atoms with van der Waals surface area (Å²) in [7, 11) is 2.57. The number of aromatic nitrogens is 6. The molecule has 2 aromatic carbocycles. The fraction of sp³-hybridized carbons (Fsp3) is 0.439. The van der Waals surface area contributed by atoms with Gasteiger partial charge in [0.05, 0.1) is 67.4 Å². The first-order chi connectivity index (χ1) is 27.5. The van der Waals surface area contributed by atoms with Crippen LogP contribution in [0.25, 0.3) is 44.7 Å². The molecule has 0 bridgehead atoms. The number of H-pyrrole nitrogens is 3. The molecule has 4 atom stereocenters. The zero-order chi connectivity index (χ0) is 40.4. The van der Waals surface area contributed by atoms with Gasteiger partial charge in [-0.15, -0.1) is 0 Å². The number of nitrogens with zero attached hydrogens (tertiary/aromatic N) is 5. The predicted molar refractivity (Wildman–Crippen MR) is 212 cm³/mol. The topological polar surface area (TPSA) is 203 Å². The molecular weight excluding hydrogens is 729 g/mol. The van der Waals surface area contributed by atoms with Crippen molar-refractivity contribution in [2.45, 2.75) is 77.5 Å². The molecular formula is C41H50N10O6. The molecule has 3 aromatic heterocycles. The van der Waals surface area contributed by atoms with Crippen LogP contribution in [0, 0.1) is 11.8 Å². The number of amides is 4. The van der Waals surface area contributed by atoms with Gasteiger partial charge in [-0.1, -0.05) is 58.0 Å². The van der Waals surface area contributed by atoms with Crippen LogP contribution in [0.2, 0.25) is 0 Å². The number of carbonyl (C=O) groups is 4. The fourth-order valence-electron chi connectivity index (χ4n) is 8.00. The average Bonchev–Trinajstić information content (AvgIpc) is 4.07. The Kier molecular flexibility index (Phi) is 11.3. The maximum Gasteiger partial charge on any atom is 0.407 e. The minimum Gasteiger partial charge on any atom is -0.453 e. The summed E-state index contributed by atoms with van der Waals surface area (Å²) in [4.78, 5) is 79.1. The van der Waals surface area contributed by atoms with Gasteiger partial charge in [0.25, 0.3) is 0 Å². The highest BCUT2D eigenvalue weighted by atomic mass is 16.5. The lowest BCUT2D eigenvalue weighted by molar-refractivity contribution is -0.136. The quantitative estimate of drug-likeness (QED) is 0.105. The standard InChI is InChI=1S/C41H50N10O6/c1-22(2)32(48-40(54)56-5)38(52)50-17-7-9-30(50)36-42-19-28(46-36)25-13-11-24(12-14-25)26-15-16-27(35-34(26)44-21-45-35)29-20-43-37(47-29)31-10-8-18-51(31)39(53)33(23(3)4)49-41(55)57-6/h11-16,19-23,30-33H,7-10,17-18H2,1-6H3,(H,42,46)(H,43,47)(H,44,45)(H,48,54)(H,49,55)/t30-,31-,32?,33-/m0/s1. The Bertz CT molecular complexity index is 2240. The maximum absolute atomic E-state index is 13.6. The molecule has 5 aromatic rings. The first-order valence-corrected chi connectivity index (χ1v) is 19.5. The molecule has 5 heterocycles. The second-order valence-corrected chi connectivity index (χ2v) is 15.3. The number of rotatable bonds is 11. The Morgan fingerprint density at radius 3 is 1.70 bits per heavy atom. The number of likely N-dealkylation sites (tertiary alicyclic amines) is 2. The van der Waals surface area contributed by atoms with Crippen LogP contribution < -0.4 is 10.6 Å². The summed E-state index contributed by atoms with van der Waals surface area (Å²) >= 11 is 0. The SMILES string of the molecule is COC(=O)NC(C(=O)N1CCC[C@H]1c1ncc(-c2ccc(-c3ccc(-c4cnc([C@@H]5CCCN5C(=O)[C@@H](NC(=O)OC)C(C)C)[nH]4)c4nc[nH]c34)cc2)[nH]1)C(C)C. The van der Waals surface area contributed by atoms with Crippen molar-refractivity contribution in [2.75, 3.05) is 27.3 Å². The Morgan fingerprint density at radius 2 is 1.18 bits per heavy atom. The normalized spacial score (nSPS) is 18.0.